The Kier molecular flexibility index (Phi) is 2.63. The van der Waals surface area contributed by atoms with Crippen LogP contribution in [-0.2, 0) is 0 Å². The number of nitrogens with two attached hydrogens (primary N) is 1. The second-order valence-corrected chi connectivity index (χ2v) is 1.27. The molecule has 0 atom stereocenters. The number of hydrogen-bond donors (Lipinski definition) is 2. The van der Waals surface area contributed by atoms with E-state index < -0.39 is 11.1 Å². The number of hydrogen-bond acceptors (Lipinski definition) is 3. The van der Waals surface area contributed by atoms with Crippen LogP contribution in [0.1, 0.15) is 0 Å². The first-order valence-corrected chi connectivity index (χ1v) is 2.01. The Hall–Kier alpha value is -1.04. The van der Waals surface area contributed by atoms with Crippen molar-refractivity contribution in [2.75, 3.05) is 0 Å². The minimum Gasteiger partial charge on any atom is -0.351 e. The summed E-state index contributed by atoms with van der Waals surface area (Å²) in [5.74, 6) is 0. The molecule has 0 aliphatic carbocycles. The second kappa shape index (κ2) is 3.03. The molecule has 0 spiro atoms. The molecule has 2 amide bonds. The van der Waals surface area contributed by atoms with Crippen LogP contribution in [0.3, 0.4) is 0 Å². The second-order valence-electron chi connectivity index (χ2n) is 0.886. The van der Waals surface area contributed by atoms with Crippen LogP contribution in [0.15, 0.2) is 5.18 Å². The summed E-state index contributed by atoms with van der Waals surface area (Å²) in [5.41, 5.74) is 4.53. The number of carbonyl (C=O) groups excluding carboxylic acids is 1. The maximum Gasteiger partial charge on any atom is 0.318 e. The Morgan fingerprint density at radius 1 is 1.75 bits per heavy atom. The van der Waals surface area contributed by atoms with E-state index >= 15 is 0 Å². The van der Waals surface area contributed by atoms with Gasteiger partial charge < -0.3 is 5.73 Å². The van der Waals surface area contributed by atoms with Crippen molar-refractivity contribution < 1.29 is 4.79 Å². The summed E-state index contributed by atoms with van der Waals surface area (Å²) >= 11 is 4.14. The zero-order valence-electron chi connectivity index (χ0n) is 3.75. The molecule has 8 heavy (non-hydrogen) atoms. The molecule has 0 aromatic carbocycles. The molecule has 0 rings (SSSR count). The van der Waals surface area contributed by atoms with Crippen LogP contribution in [0.5, 0.6) is 0 Å². The Morgan fingerprint density at radius 3 is 2.38 bits per heavy atom. The molecule has 3 N–H and O–H groups in total. The Balaban J connectivity index is 3.55. The van der Waals surface area contributed by atoms with Crippen molar-refractivity contribution in [2.24, 2.45) is 10.9 Å². The van der Waals surface area contributed by atoms with Crippen LogP contribution >= 0.6 is 12.2 Å². The molecule has 5 nitrogen and oxygen atoms in total. The standard InChI is InChI=1S/C2H3N3O2S/c3-1(6)4-2(8)5-7/h(H3,3,4,6,8). The summed E-state index contributed by atoms with van der Waals surface area (Å²) < 4.78 is 0. The largest absolute Gasteiger partial charge is 0.351 e. The topological polar surface area (TPSA) is 84.6 Å². The summed E-state index contributed by atoms with van der Waals surface area (Å²) in [7, 11) is 0. The molecule has 0 unspecified atom stereocenters. The van der Waals surface area contributed by atoms with Gasteiger partial charge >= 0.3 is 6.03 Å². The summed E-state index contributed by atoms with van der Waals surface area (Å²) in [4.78, 5) is 19.2. The van der Waals surface area contributed by atoms with Gasteiger partial charge in [0.2, 0.25) is 5.11 Å². The fourth-order valence-electron chi connectivity index (χ4n) is 0.128. The van der Waals surface area contributed by atoms with E-state index in [1.165, 1.54) is 0 Å². The lowest BCUT2D eigenvalue weighted by molar-refractivity contribution is 0.253. The molecule has 0 fully saturated rings. The highest BCUT2D eigenvalue weighted by molar-refractivity contribution is 7.80. The quantitative estimate of drug-likeness (QED) is 0.351. The number of primary amides is 1. The Bertz CT molecular complexity index is 133. The van der Waals surface area contributed by atoms with Crippen LogP contribution < -0.4 is 11.1 Å². The molecule has 0 aromatic heterocycles. The number of amides is 2. The maximum atomic E-state index is 9.79. The van der Waals surface area contributed by atoms with Gasteiger partial charge in [-0.25, -0.2) is 4.79 Å². The van der Waals surface area contributed by atoms with Gasteiger partial charge in [0, 0.05) is 0 Å². The number of rotatable bonds is 0. The van der Waals surface area contributed by atoms with Gasteiger partial charge in [0.05, 0.1) is 0 Å². The van der Waals surface area contributed by atoms with Gasteiger partial charge in [-0.3, -0.25) is 5.32 Å². The minimum absolute atomic E-state index is 0.447. The molecule has 6 heteroatoms. The summed E-state index contributed by atoms with van der Waals surface area (Å²) in [6.07, 6.45) is 0. The predicted molar refractivity (Wildman–Crippen MR) is 31.1 cm³/mol. The first-order valence-electron chi connectivity index (χ1n) is 1.60. The normalized spacial score (nSPS) is 7.50. The molecular weight excluding hydrogens is 130 g/mol. The number of urea groups is 1. The number of nitrogens with zero attached hydrogens (tertiary/aromatic N) is 1. The fourth-order valence-corrected chi connectivity index (χ4v) is 0.229. The third-order valence-electron chi connectivity index (χ3n) is 0.313. The van der Waals surface area contributed by atoms with Crippen molar-refractivity contribution in [3.8, 4) is 0 Å². The summed E-state index contributed by atoms with van der Waals surface area (Å²) in [5, 5.41) is 3.53. The van der Waals surface area contributed by atoms with E-state index in [1.54, 1.807) is 5.32 Å². The van der Waals surface area contributed by atoms with E-state index in [-0.39, 0.29) is 0 Å². The average molecular weight is 133 g/mol. The van der Waals surface area contributed by atoms with Crippen molar-refractivity contribution in [3.05, 3.63) is 4.91 Å². The van der Waals surface area contributed by atoms with Crippen molar-refractivity contribution in [3.63, 3.8) is 0 Å². The van der Waals surface area contributed by atoms with Crippen molar-refractivity contribution >= 4 is 23.4 Å². The lowest BCUT2D eigenvalue weighted by Crippen LogP contribution is -2.32. The van der Waals surface area contributed by atoms with Crippen LogP contribution in [0.25, 0.3) is 0 Å². The summed E-state index contributed by atoms with van der Waals surface area (Å²) in [6, 6.07) is -0.880. The average Bonchev–Trinajstić information content (AvgIpc) is 1.65. The minimum atomic E-state index is -0.880. The predicted octanol–water partition coefficient (Wildman–Crippen LogP) is -0.294. The van der Waals surface area contributed by atoms with E-state index in [2.05, 4.69) is 23.1 Å². The molecule has 0 radical (unpaired) electrons. The number of carbonyl (C=O) groups is 1. The third kappa shape index (κ3) is 3.16. The monoisotopic (exact) mass is 133 g/mol. The van der Waals surface area contributed by atoms with Gasteiger partial charge in [0.1, 0.15) is 0 Å². The van der Waals surface area contributed by atoms with Gasteiger partial charge in [0.15, 0.2) is 0 Å². The van der Waals surface area contributed by atoms with Crippen LogP contribution in [0.2, 0.25) is 0 Å². The van der Waals surface area contributed by atoms with E-state index in [0.29, 0.717) is 0 Å². The van der Waals surface area contributed by atoms with Crippen molar-refractivity contribution in [1.29, 1.82) is 0 Å². The molecule has 0 aliphatic rings. The summed E-state index contributed by atoms with van der Waals surface area (Å²) in [6.45, 7) is 0. The van der Waals surface area contributed by atoms with Crippen molar-refractivity contribution in [1.82, 2.24) is 5.32 Å². The smallest absolute Gasteiger partial charge is 0.318 e. The highest BCUT2D eigenvalue weighted by atomic mass is 32.1. The fraction of sp³-hybridized carbons (Fsp3) is 0. The maximum absolute atomic E-state index is 9.79. The number of nitroso groups, excluding NO2 is 1. The molecule has 0 heterocycles. The molecule has 0 aliphatic heterocycles. The molecular formula is C2H3N3O2S. The van der Waals surface area contributed by atoms with E-state index in [9.17, 15) is 9.70 Å². The van der Waals surface area contributed by atoms with E-state index in [4.69, 9.17) is 0 Å². The number of nitrogens with one attached hydrogen (secondary N) is 1. The molecule has 0 saturated carbocycles. The van der Waals surface area contributed by atoms with Gasteiger partial charge in [0.25, 0.3) is 0 Å². The van der Waals surface area contributed by atoms with Crippen molar-refractivity contribution in [2.45, 2.75) is 0 Å². The first-order chi connectivity index (χ1) is 3.66. The van der Waals surface area contributed by atoms with Crippen LogP contribution in [0, 0.1) is 4.91 Å². The van der Waals surface area contributed by atoms with E-state index in [0.717, 1.165) is 0 Å². The van der Waals surface area contributed by atoms with Gasteiger partial charge in [-0.2, -0.15) is 0 Å². The zero-order valence-corrected chi connectivity index (χ0v) is 4.57. The lowest BCUT2D eigenvalue weighted by Gasteiger charge is -1.89. The van der Waals surface area contributed by atoms with Crippen LogP contribution in [-0.4, -0.2) is 11.1 Å². The van der Waals surface area contributed by atoms with Gasteiger partial charge in [-0.05, 0) is 17.4 Å². The highest BCUT2D eigenvalue weighted by Gasteiger charge is 1.94. The SMILES string of the molecule is NC(=O)NC(=S)N=O. The number of thiocarbonyl (C=S) groups is 1. The van der Waals surface area contributed by atoms with E-state index in [1.807, 2.05) is 0 Å². The first kappa shape index (κ1) is 6.96. The Labute approximate surface area is 50.2 Å². The molecule has 0 saturated heterocycles. The Morgan fingerprint density at radius 2 is 2.25 bits per heavy atom. The zero-order chi connectivity index (χ0) is 6.57. The highest BCUT2D eigenvalue weighted by Crippen LogP contribution is 1.69. The molecule has 0 aromatic rings. The molecule has 0 bridgehead atoms. The lowest BCUT2D eigenvalue weighted by atomic mass is 11.0. The van der Waals surface area contributed by atoms with Crippen LogP contribution in [0.4, 0.5) is 4.79 Å². The molecule has 44 valence electrons. The third-order valence-corrected chi connectivity index (χ3v) is 0.490. The van der Waals surface area contributed by atoms with Gasteiger partial charge in [-0.15, -0.1) is 4.91 Å². The van der Waals surface area contributed by atoms with Gasteiger partial charge in [-0.1, -0.05) is 0 Å².